The number of benzene rings is 2. The summed E-state index contributed by atoms with van der Waals surface area (Å²) in [5.41, 5.74) is 3.69. The molecule has 1 amide bonds. The molecule has 1 aliphatic heterocycles. The molecule has 1 fully saturated rings. The first-order chi connectivity index (χ1) is 15.4. The number of hydrogen-bond acceptors (Lipinski definition) is 6. The normalized spacial score (nSPS) is 14.4. The van der Waals surface area contributed by atoms with Gasteiger partial charge in [-0.1, -0.05) is 0 Å². The number of nitrogens with zero attached hydrogens (tertiary/aromatic N) is 4. The zero-order chi connectivity index (χ0) is 22.7. The SMILES string of the molecule is COc1ccc(-c2nc(CN3CCN(C(=O)c4ccc(N(C)C)cc4)CC3)c(C)o2)cc1. The summed E-state index contributed by atoms with van der Waals surface area (Å²) in [6, 6.07) is 15.5. The maximum absolute atomic E-state index is 12.9. The monoisotopic (exact) mass is 434 g/mol. The maximum atomic E-state index is 12.9. The number of carbonyl (C=O) groups is 1. The second-order valence-electron chi connectivity index (χ2n) is 8.26. The molecule has 1 aliphatic rings. The lowest BCUT2D eigenvalue weighted by Crippen LogP contribution is -2.48. The Balaban J connectivity index is 1.34. The summed E-state index contributed by atoms with van der Waals surface area (Å²) >= 11 is 0. The fourth-order valence-corrected chi connectivity index (χ4v) is 3.84. The molecule has 0 spiro atoms. The molecule has 0 radical (unpaired) electrons. The van der Waals surface area contributed by atoms with E-state index in [9.17, 15) is 4.79 Å². The minimum atomic E-state index is 0.0920. The summed E-state index contributed by atoms with van der Waals surface area (Å²) in [4.78, 5) is 23.9. The molecule has 0 N–H and O–H groups in total. The van der Waals surface area contributed by atoms with Crippen molar-refractivity contribution in [1.82, 2.24) is 14.8 Å². The third kappa shape index (κ3) is 4.78. The molecule has 32 heavy (non-hydrogen) atoms. The van der Waals surface area contributed by atoms with E-state index in [0.717, 1.165) is 47.1 Å². The maximum Gasteiger partial charge on any atom is 0.253 e. The minimum Gasteiger partial charge on any atom is -0.497 e. The summed E-state index contributed by atoms with van der Waals surface area (Å²) in [6.45, 7) is 5.70. The molecule has 0 aliphatic carbocycles. The van der Waals surface area contributed by atoms with E-state index >= 15 is 0 Å². The lowest BCUT2D eigenvalue weighted by Gasteiger charge is -2.34. The number of ether oxygens (including phenoxy) is 1. The molecule has 1 saturated heterocycles. The van der Waals surface area contributed by atoms with Gasteiger partial charge in [-0.2, -0.15) is 0 Å². The van der Waals surface area contributed by atoms with E-state index in [2.05, 4.69) is 4.90 Å². The average molecular weight is 435 g/mol. The lowest BCUT2D eigenvalue weighted by molar-refractivity contribution is 0.0626. The van der Waals surface area contributed by atoms with E-state index in [1.807, 2.05) is 79.3 Å². The largest absolute Gasteiger partial charge is 0.497 e. The number of rotatable bonds is 6. The van der Waals surface area contributed by atoms with Crippen molar-refractivity contribution in [3.8, 4) is 17.2 Å². The molecular formula is C25H30N4O3. The zero-order valence-corrected chi connectivity index (χ0v) is 19.2. The highest BCUT2D eigenvalue weighted by Gasteiger charge is 2.24. The van der Waals surface area contributed by atoms with Gasteiger partial charge in [-0.25, -0.2) is 4.98 Å². The highest BCUT2D eigenvalue weighted by molar-refractivity contribution is 5.94. The third-order valence-corrected chi connectivity index (χ3v) is 5.89. The summed E-state index contributed by atoms with van der Waals surface area (Å²) in [5.74, 6) is 2.35. The first-order valence-corrected chi connectivity index (χ1v) is 10.8. The molecule has 7 heteroatoms. The molecule has 0 saturated carbocycles. The number of hydrogen-bond donors (Lipinski definition) is 0. The fourth-order valence-electron chi connectivity index (χ4n) is 3.84. The van der Waals surface area contributed by atoms with E-state index in [-0.39, 0.29) is 5.91 Å². The van der Waals surface area contributed by atoms with Gasteiger partial charge in [0, 0.05) is 63.6 Å². The first-order valence-electron chi connectivity index (χ1n) is 10.8. The number of anilines is 1. The van der Waals surface area contributed by atoms with Crippen molar-refractivity contribution in [1.29, 1.82) is 0 Å². The molecule has 2 heterocycles. The number of carbonyl (C=O) groups excluding carboxylic acids is 1. The molecule has 1 aromatic heterocycles. The van der Waals surface area contributed by atoms with Gasteiger partial charge in [0.1, 0.15) is 11.5 Å². The van der Waals surface area contributed by atoms with Crippen molar-refractivity contribution < 1.29 is 13.9 Å². The van der Waals surface area contributed by atoms with E-state index < -0.39 is 0 Å². The highest BCUT2D eigenvalue weighted by atomic mass is 16.5. The van der Waals surface area contributed by atoms with Crippen LogP contribution < -0.4 is 9.64 Å². The highest BCUT2D eigenvalue weighted by Crippen LogP contribution is 2.25. The fraction of sp³-hybridized carbons (Fsp3) is 0.360. The van der Waals surface area contributed by atoms with Gasteiger partial charge >= 0.3 is 0 Å². The number of piperazine rings is 1. The van der Waals surface area contributed by atoms with Crippen molar-refractivity contribution in [2.45, 2.75) is 13.5 Å². The topological polar surface area (TPSA) is 62.1 Å². The van der Waals surface area contributed by atoms with Crippen LogP contribution in [0.25, 0.3) is 11.5 Å². The Morgan fingerprint density at radius 1 is 1.03 bits per heavy atom. The van der Waals surface area contributed by atoms with Crippen LogP contribution in [-0.2, 0) is 6.54 Å². The molecule has 3 aromatic rings. The molecule has 4 rings (SSSR count). The van der Waals surface area contributed by atoms with Crippen LogP contribution in [0.4, 0.5) is 5.69 Å². The number of methoxy groups -OCH3 is 1. The molecule has 0 atom stereocenters. The van der Waals surface area contributed by atoms with Crippen LogP contribution in [0.2, 0.25) is 0 Å². The summed E-state index contributed by atoms with van der Waals surface area (Å²) in [7, 11) is 5.63. The van der Waals surface area contributed by atoms with Crippen LogP contribution in [0.1, 0.15) is 21.8 Å². The Morgan fingerprint density at radius 2 is 1.69 bits per heavy atom. The van der Waals surface area contributed by atoms with Gasteiger partial charge in [-0.3, -0.25) is 9.69 Å². The van der Waals surface area contributed by atoms with Gasteiger partial charge in [-0.15, -0.1) is 0 Å². The van der Waals surface area contributed by atoms with Crippen molar-refractivity contribution in [2.24, 2.45) is 0 Å². The van der Waals surface area contributed by atoms with Crippen LogP contribution in [0, 0.1) is 6.92 Å². The van der Waals surface area contributed by atoms with Gasteiger partial charge < -0.3 is 19.0 Å². The second kappa shape index (κ2) is 9.44. The Kier molecular flexibility index (Phi) is 6.46. The van der Waals surface area contributed by atoms with Crippen LogP contribution in [0.3, 0.4) is 0 Å². The Labute approximate surface area is 189 Å². The van der Waals surface area contributed by atoms with Gasteiger partial charge in [0.25, 0.3) is 5.91 Å². The molecule has 7 nitrogen and oxygen atoms in total. The number of amides is 1. The zero-order valence-electron chi connectivity index (χ0n) is 19.2. The number of aromatic nitrogens is 1. The van der Waals surface area contributed by atoms with Crippen LogP contribution in [-0.4, -0.2) is 68.1 Å². The predicted octanol–water partition coefficient (Wildman–Crippen LogP) is 3.68. The quantitative estimate of drug-likeness (QED) is 0.590. The van der Waals surface area contributed by atoms with Crippen LogP contribution >= 0.6 is 0 Å². The summed E-state index contributed by atoms with van der Waals surface area (Å²) < 4.78 is 11.1. The first kappa shape index (κ1) is 21.9. The van der Waals surface area contributed by atoms with Crippen LogP contribution in [0.15, 0.2) is 52.9 Å². The second-order valence-corrected chi connectivity index (χ2v) is 8.26. The minimum absolute atomic E-state index is 0.0920. The van der Waals surface area contributed by atoms with E-state index in [1.165, 1.54) is 0 Å². The van der Waals surface area contributed by atoms with Crippen molar-refractivity contribution in [3.05, 3.63) is 65.5 Å². The van der Waals surface area contributed by atoms with E-state index in [4.69, 9.17) is 14.1 Å². The summed E-state index contributed by atoms with van der Waals surface area (Å²) in [5, 5.41) is 0. The van der Waals surface area contributed by atoms with Gasteiger partial charge in [0.2, 0.25) is 5.89 Å². The molecule has 0 unspecified atom stereocenters. The number of aryl methyl sites for hydroxylation is 1. The van der Waals surface area contributed by atoms with E-state index in [0.29, 0.717) is 25.5 Å². The standard InChI is InChI=1S/C25H30N4O3/c1-18-23(26-24(32-18)19-7-11-22(31-4)12-8-19)17-28-13-15-29(16-14-28)25(30)20-5-9-21(10-6-20)27(2)3/h5-12H,13-17H2,1-4H3. The smallest absolute Gasteiger partial charge is 0.253 e. The van der Waals surface area contributed by atoms with Gasteiger partial charge in [0.05, 0.1) is 12.8 Å². The molecule has 168 valence electrons. The molecule has 2 aromatic carbocycles. The van der Waals surface area contributed by atoms with Crippen LogP contribution in [0.5, 0.6) is 5.75 Å². The Hall–Kier alpha value is -3.32. The van der Waals surface area contributed by atoms with Crippen molar-refractivity contribution >= 4 is 11.6 Å². The Bertz CT molecular complexity index is 1050. The lowest BCUT2D eigenvalue weighted by atomic mass is 10.1. The molecular weight excluding hydrogens is 404 g/mol. The molecule has 0 bridgehead atoms. The van der Waals surface area contributed by atoms with E-state index in [1.54, 1.807) is 7.11 Å². The van der Waals surface area contributed by atoms with Crippen molar-refractivity contribution in [3.63, 3.8) is 0 Å². The predicted molar refractivity (Wildman–Crippen MR) is 125 cm³/mol. The van der Waals surface area contributed by atoms with Crippen molar-refractivity contribution in [2.75, 3.05) is 52.3 Å². The number of oxazole rings is 1. The van der Waals surface area contributed by atoms with Gasteiger partial charge in [-0.05, 0) is 55.5 Å². The average Bonchev–Trinajstić information content (AvgIpc) is 3.19. The Morgan fingerprint density at radius 3 is 2.28 bits per heavy atom. The van der Waals surface area contributed by atoms with Gasteiger partial charge in [0.15, 0.2) is 0 Å². The summed E-state index contributed by atoms with van der Waals surface area (Å²) in [6.07, 6.45) is 0. The third-order valence-electron chi connectivity index (χ3n) is 5.89.